The van der Waals surface area contributed by atoms with E-state index in [4.69, 9.17) is 0 Å². The second-order valence-electron chi connectivity index (χ2n) is 1.71. The zero-order chi connectivity index (χ0) is 5.70. The molecule has 0 aliphatic carbocycles. The highest BCUT2D eigenvalue weighted by atomic mass is 13.8. The number of hydrogen-bond donors (Lipinski definition) is 0. The molecule has 0 amide bonds. The summed E-state index contributed by atoms with van der Waals surface area (Å²) >= 11 is 0. The molecule has 0 saturated heterocycles. The molecule has 0 unspecified atom stereocenters. The molecular weight excluding hydrogens is 84.1 g/mol. The van der Waals surface area contributed by atoms with Crippen molar-refractivity contribution in [2.45, 2.75) is 26.7 Å². The number of hydrogen-bond acceptors (Lipinski definition) is 0. The van der Waals surface area contributed by atoms with Gasteiger partial charge in [-0.1, -0.05) is 18.6 Å². The van der Waals surface area contributed by atoms with Crippen LogP contribution in [0.5, 0.6) is 0 Å². The van der Waals surface area contributed by atoms with Crippen LogP contribution in [-0.4, -0.2) is 0 Å². The van der Waals surface area contributed by atoms with E-state index >= 15 is 0 Å². The van der Waals surface area contributed by atoms with Crippen LogP contribution in [0, 0.1) is 6.92 Å². The Morgan fingerprint density at radius 2 is 2.29 bits per heavy atom. The Morgan fingerprint density at radius 3 is 2.43 bits per heavy atom. The van der Waals surface area contributed by atoms with Gasteiger partial charge in [-0.05, 0) is 26.7 Å². The Hall–Kier alpha value is -0.260. The van der Waals surface area contributed by atoms with Gasteiger partial charge in [0.15, 0.2) is 0 Å². The summed E-state index contributed by atoms with van der Waals surface area (Å²) in [6.07, 6.45) is 4.29. The van der Waals surface area contributed by atoms with Crippen molar-refractivity contribution in [3.8, 4) is 0 Å². The van der Waals surface area contributed by atoms with Gasteiger partial charge in [-0.3, -0.25) is 0 Å². The van der Waals surface area contributed by atoms with E-state index in [1.807, 2.05) is 0 Å². The maximum absolute atomic E-state index is 3.74. The molecule has 1 radical (unpaired) electrons. The van der Waals surface area contributed by atoms with Crippen LogP contribution in [0.1, 0.15) is 26.7 Å². The smallest absolute Gasteiger partial charge is 0.0323 e. The molecule has 0 bridgehead atoms. The molecule has 0 heterocycles. The molecule has 0 nitrogen and oxygen atoms in total. The van der Waals surface area contributed by atoms with E-state index in [0.29, 0.717) is 0 Å². The van der Waals surface area contributed by atoms with Crippen LogP contribution >= 0.6 is 0 Å². The van der Waals surface area contributed by atoms with Gasteiger partial charge < -0.3 is 0 Å². The molecule has 0 spiro atoms. The maximum Gasteiger partial charge on any atom is -0.0323 e. The fraction of sp³-hybridized carbons (Fsp3) is 0.571. The molecule has 0 rings (SSSR count). The lowest BCUT2D eigenvalue weighted by molar-refractivity contribution is 1.12. The van der Waals surface area contributed by atoms with Crippen LogP contribution in [0.15, 0.2) is 11.6 Å². The van der Waals surface area contributed by atoms with Crippen molar-refractivity contribution in [3.63, 3.8) is 0 Å². The van der Waals surface area contributed by atoms with Gasteiger partial charge in [0.25, 0.3) is 0 Å². The average molecular weight is 97.2 g/mol. The monoisotopic (exact) mass is 97.1 g/mol. The SMILES string of the molecule is [CH2]CC(C)=CCC. The topological polar surface area (TPSA) is 0 Å². The van der Waals surface area contributed by atoms with E-state index in [1.165, 1.54) is 5.57 Å². The molecule has 0 N–H and O–H groups in total. The van der Waals surface area contributed by atoms with Crippen molar-refractivity contribution < 1.29 is 0 Å². The molecule has 41 valence electrons. The third-order valence-corrected chi connectivity index (χ3v) is 0.947. The predicted molar refractivity (Wildman–Crippen MR) is 34.0 cm³/mol. The molecule has 0 atom stereocenters. The Bertz CT molecular complexity index is 60.4. The van der Waals surface area contributed by atoms with Gasteiger partial charge in [-0.15, -0.1) is 0 Å². The number of rotatable bonds is 2. The Labute approximate surface area is 46.2 Å². The molecular formula is C7H13. The molecule has 0 aliphatic heterocycles. The van der Waals surface area contributed by atoms with Crippen molar-refractivity contribution in [2.24, 2.45) is 0 Å². The predicted octanol–water partition coefficient (Wildman–Crippen LogP) is 2.57. The van der Waals surface area contributed by atoms with Crippen molar-refractivity contribution in [3.05, 3.63) is 18.6 Å². The van der Waals surface area contributed by atoms with E-state index in [-0.39, 0.29) is 0 Å². The molecule has 0 aliphatic rings. The van der Waals surface area contributed by atoms with Gasteiger partial charge in [-0.2, -0.15) is 0 Å². The van der Waals surface area contributed by atoms with Gasteiger partial charge in [0.1, 0.15) is 0 Å². The summed E-state index contributed by atoms with van der Waals surface area (Å²) in [4.78, 5) is 0. The summed E-state index contributed by atoms with van der Waals surface area (Å²) in [6.45, 7) is 7.98. The van der Waals surface area contributed by atoms with E-state index < -0.39 is 0 Å². The molecule has 0 aromatic carbocycles. The van der Waals surface area contributed by atoms with Crippen LogP contribution in [0.4, 0.5) is 0 Å². The van der Waals surface area contributed by atoms with Gasteiger partial charge in [0.05, 0.1) is 0 Å². The van der Waals surface area contributed by atoms with Crippen LogP contribution in [0.25, 0.3) is 0 Å². The van der Waals surface area contributed by atoms with E-state index in [9.17, 15) is 0 Å². The summed E-state index contributed by atoms with van der Waals surface area (Å²) in [5, 5.41) is 0. The first-order valence-corrected chi connectivity index (χ1v) is 2.76. The van der Waals surface area contributed by atoms with E-state index in [0.717, 1.165) is 12.8 Å². The lowest BCUT2D eigenvalue weighted by Gasteiger charge is -1.88. The summed E-state index contributed by atoms with van der Waals surface area (Å²) in [7, 11) is 0. The molecule has 0 aromatic heterocycles. The van der Waals surface area contributed by atoms with Crippen LogP contribution in [-0.2, 0) is 0 Å². The van der Waals surface area contributed by atoms with Gasteiger partial charge in [0.2, 0.25) is 0 Å². The zero-order valence-electron chi connectivity index (χ0n) is 5.20. The molecule has 0 saturated carbocycles. The Balaban J connectivity index is 3.29. The third-order valence-electron chi connectivity index (χ3n) is 0.947. The highest BCUT2D eigenvalue weighted by molar-refractivity contribution is 4.97. The van der Waals surface area contributed by atoms with Crippen molar-refractivity contribution in [1.82, 2.24) is 0 Å². The Morgan fingerprint density at radius 1 is 1.71 bits per heavy atom. The summed E-state index contributed by atoms with van der Waals surface area (Å²) in [5.41, 5.74) is 1.39. The first-order valence-electron chi connectivity index (χ1n) is 2.76. The highest BCUT2D eigenvalue weighted by Crippen LogP contribution is 1.97. The molecule has 0 aromatic rings. The fourth-order valence-corrected chi connectivity index (χ4v) is 0.451. The van der Waals surface area contributed by atoms with Crippen LogP contribution in [0.3, 0.4) is 0 Å². The fourth-order valence-electron chi connectivity index (χ4n) is 0.451. The van der Waals surface area contributed by atoms with Crippen molar-refractivity contribution in [1.29, 1.82) is 0 Å². The quantitative estimate of drug-likeness (QED) is 0.464. The second kappa shape index (κ2) is 3.91. The largest absolute Gasteiger partial charge is 0.0859 e. The lowest BCUT2D eigenvalue weighted by Crippen LogP contribution is -1.67. The summed E-state index contributed by atoms with van der Waals surface area (Å²) in [6, 6.07) is 0. The minimum Gasteiger partial charge on any atom is -0.0859 e. The normalized spacial score (nSPS) is 12.1. The summed E-state index contributed by atoms with van der Waals surface area (Å²) < 4.78 is 0. The minimum absolute atomic E-state index is 0.952. The second-order valence-corrected chi connectivity index (χ2v) is 1.71. The first-order chi connectivity index (χ1) is 3.31. The van der Waals surface area contributed by atoms with Crippen LogP contribution < -0.4 is 0 Å². The summed E-state index contributed by atoms with van der Waals surface area (Å²) in [5.74, 6) is 0. The zero-order valence-corrected chi connectivity index (χ0v) is 5.20. The van der Waals surface area contributed by atoms with Crippen molar-refractivity contribution in [2.75, 3.05) is 0 Å². The van der Waals surface area contributed by atoms with Gasteiger partial charge in [0, 0.05) is 0 Å². The van der Waals surface area contributed by atoms with Crippen LogP contribution in [0.2, 0.25) is 0 Å². The van der Waals surface area contributed by atoms with E-state index in [1.54, 1.807) is 0 Å². The third kappa shape index (κ3) is 3.57. The minimum atomic E-state index is 0.952. The number of allylic oxidation sites excluding steroid dienone is 2. The first kappa shape index (κ1) is 6.74. The molecule has 7 heavy (non-hydrogen) atoms. The van der Waals surface area contributed by atoms with Crippen molar-refractivity contribution >= 4 is 0 Å². The Kier molecular flexibility index (Phi) is 3.77. The average Bonchev–Trinajstić information content (AvgIpc) is 1.68. The van der Waals surface area contributed by atoms with E-state index in [2.05, 4.69) is 26.8 Å². The highest BCUT2D eigenvalue weighted by Gasteiger charge is 1.76. The van der Waals surface area contributed by atoms with Gasteiger partial charge in [-0.25, -0.2) is 0 Å². The van der Waals surface area contributed by atoms with Gasteiger partial charge >= 0.3 is 0 Å². The maximum atomic E-state index is 3.74. The molecule has 0 heteroatoms. The molecule has 0 fully saturated rings. The lowest BCUT2D eigenvalue weighted by atomic mass is 10.2. The standard InChI is InChI=1S/C7H13/c1-4-6-7(3)5-2/h6H,2,4-5H2,1,3H3.